The maximum Gasteiger partial charge on any atom is 0.183 e. The summed E-state index contributed by atoms with van der Waals surface area (Å²) in [6.45, 7) is 2.32. The number of aromatic nitrogens is 4. The van der Waals surface area contributed by atoms with Gasteiger partial charge in [-0.25, -0.2) is 4.68 Å². The van der Waals surface area contributed by atoms with Crippen molar-refractivity contribution in [2.45, 2.75) is 45.1 Å². The van der Waals surface area contributed by atoms with Crippen molar-refractivity contribution in [1.82, 2.24) is 20.2 Å². The van der Waals surface area contributed by atoms with E-state index in [2.05, 4.69) is 22.4 Å². The van der Waals surface area contributed by atoms with E-state index in [1.165, 1.54) is 19.3 Å². The number of anilines is 1. The van der Waals surface area contributed by atoms with Gasteiger partial charge in [-0.1, -0.05) is 31.4 Å². The number of nitrogens with two attached hydrogens (primary N) is 1. The van der Waals surface area contributed by atoms with Gasteiger partial charge in [0.2, 0.25) is 0 Å². The SMILES string of the molecule is CC1CCCC(n2nnnc2-c2ccc(N)cc2Cl)CC1. The van der Waals surface area contributed by atoms with Crippen LogP contribution in [0.15, 0.2) is 18.2 Å². The minimum absolute atomic E-state index is 0.355. The van der Waals surface area contributed by atoms with Crippen LogP contribution in [0.5, 0.6) is 0 Å². The van der Waals surface area contributed by atoms with Gasteiger partial charge in [-0.2, -0.15) is 0 Å². The second-order valence-electron chi connectivity index (χ2n) is 5.95. The maximum absolute atomic E-state index is 6.30. The lowest BCUT2D eigenvalue weighted by molar-refractivity contribution is 0.394. The van der Waals surface area contributed by atoms with E-state index in [-0.39, 0.29) is 0 Å². The highest BCUT2D eigenvalue weighted by molar-refractivity contribution is 6.33. The summed E-state index contributed by atoms with van der Waals surface area (Å²) in [6, 6.07) is 5.81. The molecule has 1 aliphatic carbocycles. The number of rotatable bonds is 2. The van der Waals surface area contributed by atoms with Gasteiger partial charge in [-0.3, -0.25) is 0 Å². The summed E-state index contributed by atoms with van der Waals surface area (Å²) in [7, 11) is 0. The Morgan fingerprint density at radius 3 is 2.90 bits per heavy atom. The van der Waals surface area contributed by atoms with Crippen molar-refractivity contribution in [2.24, 2.45) is 5.92 Å². The molecule has 1 saturated carbocycles. The van der Waals surface area contributed by atoms with Crippen molar-refractivity contribution in [2.75, 3.05) is 5.73 Å². The molecule has 6 heteroatoms. The van der Waals surface area contributed by atoms with Gasteiger partial charge >= 0.3 is 0 Å². The molecule has 1 fully saturated rings. The molecule has 21 heavy (non-hydrogen) atoms. The molecule has 1 aromatic carbocycles. The Balaban J connectivity index is 1.93. The summed E-state index contributed by atoms with van der Waals surface area (Å²) in [5, 5.41) is 12.8. The van der Waals surface area contributed by atoms with Gasteiger partial charge in [0.05, 0.1) is 11.1 Å². The first-order valence-electron chi connectivity index (χ1n) is 7.48. The van der Waals surface area contributed by atoms with Gasteiger partial charge in [0.1, 0.15) is 0 Å². The van der Waals surface area contributed by atoms with E-state index in [0.717, 1.165) is 30.1 Å². The topological polar surface area (TPSA) is 69.6 Å². The molecule has 5 nitrogen and oxygen atoms in total. The molecular formula is C15H20ClN5. The zero-order chi connectivity index (χ0) is 14.8. The summed E-state index contributed by atoms with van der Waals surface area (Å²) >= 11 is 6.30. The fraction of sp³-hybridized carbons (Fsp3) is 0.533. The third kappa shape index (κ3) is 3.02. The maximum atomic E-state index is 6.30. The number of halogens is 1. The first-order valence-corrected chi connectivity index (χ1v) is 7.86. The number of tetrazole rings is 1. The third-order valence-corrected chi connectivity index (χ3v) is 4.61. The molecule has 0 spiro atoms. The third-order valence-electron chi connectivity index (χ3n) is 4.30. The second-order valence-corrected chi connectivity index (χ2v) is 6.36. The quantitative estimate of drug-likeness (QED) is 0.678. The Bertz CT molecular complexity index is 624. The molecule has 0 aliphatic heterocycles. The second kappa shape index (κ2) is 6.02. The van der Waals surface area contributed by atoms with Crippen molar-refractivity contribution in [1.29, 1.82) is 0 Å². The van der Waals surface area contributed by atoms with Crippen LogP contribution >= 0.6 is 11.6 Å². The van der Waals surface area contributed by atoms with Crippen LogP contribution in [0.3, 0.4) is 0 Å². The molecule has 0 amide bonds. The fourth-order valence-electron chi connectivity index (χ4n) is 3.04. The number of nitrogen functional groups attached to an aromatic ring is 1. The monoisotopic (exact) mass is 305 g/mol. The average Bonchev–Trinajstić information content (AvgIpc) is 2.82. The van der Waals surface area contributed by atoms with Crippen LogP contribution < -0.4 is 5.73 Å². The summed E-state index contributed by atoms with van der Waals surface area (Å²) in [4.78, 5) is 0. The average molecular weight is 306 g/mol. The van der Waals surface area contributed by atoms with E-state index in [0.29, 0.717) is 16.8 Å². The Labute approximate surface area is 129 Å². The van der Waals surface area contributed by atoms with Crippen LogP contribution in [-0.2, 0) is 0 Å². The highest BCUT2D eigenvalue weighted by atomic mass is 35.5. The molecule has 2 aromatic rings. The zero-order valence-corrected chi connectivity index (χ0v) is 12.9. The van der Waals surface area contributed by atoms with Crippen LogP contribution in [-0.4, -0.2) is 20.2 Å². The minimum Gasteiger partial charge on any atom is -0.399 e. The van der Waals surface area contributed by atoms with Gasteiger partial charge < -0.3 is 5.73 Å². The van der Waals surface area contributed by atoms with Crippen LogP contribution in [0, 0.1) is 5.92 Å². The summed E-state index contributed by atoms with van der Waals surface area (Å²) < 4.78 is 1.94. The van der Waals surface area contributed by atoms with Crippen LogP contribution in [0.1, 0.15) is 45.1 Å². The van der Waals surface area contributed by atoms with E-state index < -0.39 is 0 Å². The summed E-state index contributed by atoms with van der Waals surface area (Å²) in [5.74, 6) is 1.52. The molecule has 1 heterocycles. The van der Waals surface area contributed by atoms with Gasteiger partial charge in [0.15, 0.2) is 5.82 Å². The molecule has 1 aromatic heterocycles. The van der Waals surface area contributed by atoms with E-state index in [1.54, 1.807) is 6.07 Å². The zero-order valence-electron chi connectivity index (χ0n) is 12.2. The van der Waals surface area contributed by atoms with Crippen molar-refractivity contribution in [3.8, 4) is 11.4 Å². The predicted octanol–water partition coefficient (Wildman–Crippen LogP) is 3.72. The Morgan fingerprint density at radius 2 is 2.10 bits per heavy atom. The van der Waals surface area contributed by atoms with Crippen molar-refractivity contribution >= 4 is 17.3 Å². The number of nitrogens with zero attached hydrogens (tertiary/aromatic N) is 4. The molecule has 3 rings (SSSR count). The van der Waals surface area contributed by atoms with Crippen molar-refractivity contribution < 1.29 is 0 Å². The Kier molecular flexibility index (Phi) is 4.10. The van der Waals surface area contributed by atoms with Gasteiger partial charge in [0.25, 0.3) is 0 Å². The largest absolute Gasteiger partial charge is 0.399 e. The highest BCUT2D eigenvalue weighted by Crippen LogP contribution is 2.34. The molecule has 0 bridgehead atoms. The number of hydrogen-bond donors (Lipinski definition) is 1. The summed E-state index contributed by atoms with van der Waals surface area (Å²) in [6.07, 6.45) is 5.97. The highest BCUT2D eigenvalue weighted by Gasteiger charge is 2.23. The molecule has 112 valence electrons. The number of hydrogen-bond acceptors (Lipinski definition) is 4. The van der Waals surface area contributed by atoms with E-state index in [9.17, 15) is 0 Å². The van der Waals surface area contributed by atoms with E-state index in [4.69, 9.17) is 17.3 Å². The van der Waals surface area contributed by atoms with Crippen LogP contribution in [0.4, 0.5) is 5.69 Å². The summed E-state index contributed by atoms with van der Waals surface area (Å²) in [5.41, 5.74) is 7.24. The molecule has 1 aliphatic rings. The minimum atomic E-state index is 0.355. The molecule has 2 unspecified atom stereocenters. The molecule has 2 atom stereocenters. The Hall–Kier alpha value is -1.62. The first kappa shape index (κ1) is 14.3. The predicted molar refractivity (Wildman–Crippen MR) is 84.0 cm³/mol. The smallest absolute Gasteiger partial charge is 0.183 e. The van der Waals surface area contributed by atoms with Crippen LogP contribution in [0.2, 0.25) is 5.02 Å². The van der Waals surface area contributed by atoms with Gasteiger partial charge in [-0.15, -0.1) is 5.10 Å². The van der Waals surface area contributed by atoms with E-state index in [1.807, 2.05) is 16.8 Å². The molecule has 2 N–H and O–H groups in total. The van der Waals surface area contributed by atoms with Crippen LogP contribution in [0.25, 0.3) is 11.4 Å². The van der Waals surface area contributed by atoms with Gasteiger partial charge in [-0.05, 0) is 53.8 Å². The number of benzene rings is 1. The van der Waals surface area contributed by atoms with E-state index >= 15 is 0 Å². The lowest BCUT2D eigenvalue weighted by atomic mass is 10.0. The van der Waals surface area contributed by atoms with Crippen molar-refractivity contribution in [3.05, 3.63) is 23.2 Å². The fourth-order valence-corrected chi connectivity index (χ4v) is 3.32. The lowest BCUT2D eigenvalue weighted by Gasteiger charge is -2.16. The molecule has 0 radical (unpaired) electrons. The standard InChI is InChI=1S/C15H20ClN5/c1-10-3-2-4-12(7-5-10)21-15(18-19-20-21)13-8-6-11(17)9-14(13)16/h6,8-10,12H,2-5,7,17H2,1H3. The molecule has 0 saturated heterocycles. The van der Waals surface area contributed by atoms with Gasteiger partial charge in [0, 0.05) is 11.3 Å². The normalized spacial score (nSPS) is 23.0. The lowest BCUT2D eigenvalue weighted by Crippen LogP contribution is -2.12. The Morgan fingerprint density at radius 1 is 1.24 bits per heavy atom. The molecular weight excluding hydrogens is 286 g/mol. The first-order chi connectivity index (χ1) is 10.1. The van der Waals surface area contributed by atoms with Crippen molar-refractivity contribution in [3.63, 3.8) is 0 Å².